The number of carboxylic acid groups (broad SMARTS) is 1. The van der Waals surface area contributed by atoms with Crippen LogP contribution in [0.15, 0.2) is 12.1 Å². The minimum Gasteiger partial charge on any atom is -0.480 e. The first-order valence-corrected chi connectivity index (χ1v) is 7.20. The number of anilines is 1. The van der Waals surface area contributed by atoms with Crippen molar-refractivity contribution < 1.29 is 32.9 Å². The second-order valence-corrected chi connectivity index (χ2v) is 5.67. The van der Waals surface area contributed by atoms with Crippen LogP contribution in [0.1, 0.15) is 26.1 Å². The summed E-state index contributed by atoms with van der Waals surface area (Å²) in [4.78, 5) is 18.2. The quantitative estimate of drug-likeness (QED) is 0.697. The van der Waals surface area contributed by atoms with Crippen molar-refractivity contribution in [2.24, 2.45) is 0 Å². The van der Waals surface area contributed by atoms with Crippen LogP contribution in [-0.4, -0.2) is 44.9 Å². The number of aromatic nitrogens is 2. The van der Waals surface area contributed by atoms with Crippen LogP contribution < -0.4 is 10.1 Å². The summed E-state index contributed by atoms with van der Waals surface area (Å²) in [5.41, 5.74) is -1.72. The van der Waals surface area contributed by atoms with Crippen molar-refractivity contribution in [2.45, 2.75) is 25.8 Å². The van der Waals surface area contributed by atoms with E-state index in [9.17, 15) is 18.0 Å². The van der Waals surface area contributed by atoms with Gasteiger partial charge in [0.25, 0.3) is 6.43 Å². The van der Waals surface area contributed by atoms with Gasteiger partial charge in [-0.15, -0.1) is 0 Å². The standard InChI is InChI=1S/C15H16F3N3O4/c1-15(2,14(23)24)21-7-5-8-10(9(16)6-7)19-12(11(17)18)20-13(8)25-4-3-22/h5-6,11,21-22H,3-4H2,1-2H3,(H,23,24). The third kappa shape index (κ3) is 4.08. The second kappa shape index (κ2) is 7.09. The lowest BCUT2D eigenvalue weighted by Crippen LogP contribution is -2.39. The first-order valence-electron chi connectivity index (χ1n) is 7.20. The van der Waals surface area contributed by atoms with E-state index in [1.54, 1.807) is 0 Å². The molecule has 0 atom stereocenters. The van der Waals surface area contributed by atoms with E-state index in [0.717, 1.165) is 6.07 Å². The van der Waals surface area contributed by atoms with Crippen LogP contribution in [0.2, 0.25) is 0 Å². The van der Waals surface area contributed by atoms with E-state index >= 15 is 0 Å². The Morgan fingerprint density at radius 1 is 1.36 bits per heavy atom. The average Bonchev–Trinajstić information content (AvgIpc) is 2.52. The summed E-state index contributed by atoms with van der Waals surface area (Å²) in [6, 6.07) is 2.25. The van der Waals surface area contributed by atoms with E-state index in [-0.39, 0.29) is 23.6 Å². The predicted molar refractivity (Wildman–Crippen MR) is 82.4 cm³/mol. The number of alkyl halides is 2. The summed E-state index contributed by atoms with van der Waals surface area (Å²) in [5.74, 6) is -3.36. The maximum Gasteiger partial charge on any atom is 0.328 e. The van der Waals surface area contributed by atoms with Gasteiger partial charge in [0.1, 0.15) is 17.7 Å². The smallest absolute Gasteiger partial charge is 0.328 e. The van der Waals surface area contributed by atoms with E-state index in [1.807, 2.05) is 0 Å². The Labute approximate surface area is 140 Å². The zero-order chi connectivity index (χ0) is 18.8. The van der Waals surface area contributed by atoms with Crippen LogP contribution >= 0.6 is 0 Å². The molecule has 0 radical (unpaired) electrons. The SMILES string of the molecule is CC(C)(Nc1cc(F)c2nc(C(F)F)nc(OCCO)c2c1)C(=O)O. The van der Waals surface area contributed by atoms with Gasteiger partial charge < -0.3 is 20.3 Å². The van der Waals surface area contributed by atoms with E-state index in [1.165, 1.54) is 19.9 Å². The first kappa shape index (κ1) is 18.7. The van der Waals surface area contributed by atoms with Crippen LogP contribution in [0, 0.1) is 5.82 Å². The summed E-state index contributed by atoms with van der Waals surface area (Å²) in [6.45, 7) is 2.10. The van der Waals surface area contributed by atoms with Crippen molar-refractivity contribution in [1.29, 1.82) is 0 Å². The van der Waals surface area contributed by atoms with Crippen molar-refractivity contribution in [3.05, 3.63) is 23.8 Å². The number of nitrogens with zero attached hydrogens (tertiary/aromatic N) is 2. The monoisotopic (exact) mass is 359 g/mol. The lowest BCUT2D eigenvalue weighted by atomic mass is 10.1. The molecule has 0 bridgehead atoms. The Kier molecular flexibility index (Phi) is 5.31. The molecule has 0 aliphatic heterocycles. The van der Waals surface area contributed by atoms with Crippen LogP contribution in [0.4, 0.5) is 18.9 Å². The van der Waals surface area contributed by atoms with Gasteiger partial charge in [-0.3, -0.25) is 0 Å². The lowest BCUT2D eigenvalue weighted by Gasteiger charge is -2.23. The van der Waals surface area contributed by atoms with Crippen molar-refractivity contribution >= 4 is 22.6 Å². The predicted octanol–water partition coefficient (Wildman–Crippen LogP) is 2.35. The van der Waals surface area contributed by atoms with Gasteiger partial charge in [-0.05, 0) is 26.0 Å². The van der Waals surface area contributed by atoms with Crippen molar-refractivity contribution in [1.82, 2.24) is 9.97 Å². The molecule has 0 unspecified atom stereocenters. The summed E-state index contributed by atoms with van der Waals surface area (Å²) in [5, 5.41) is 20.6. The Morgan fingerprint density at radius 2 is 2.04 bits per heavy atom. The Balaban J connectivity index is 2.60. The molecule has 0 spiro atoms. The van der Waals surface area contributed by atoms with Crippen molar-refractivity contribution in [3.8, 4) is 5.88 Å². The van der Waals surface area contributed by atoms with Crippen LogP contribution in [0.3, 0.4) is 0 Å². The Morgan fingerprint density at radius 3 is 2.60 bits per heavy atom. The number of fused-ring (bicyclic) bond motifs is 1. The van der Waals surface area contributed by atoms with Gasteiger partial charge >= 0.3 is 5.97 Å². The number of benzene rings is 1. The molecule has 0 aliphatic carbocycles. The highest BCUT2D eigenvalue weighted by Crippen LogP contribution is 2.31. The highest BCUT2D eigenvalue weighted by Gasteiger charge is 2.27. The number of aliphatic hydroxyl groups excluding tert-OH is 1. The number of nitrogens with one attached hydrogen (secondary N) is 1. The number of halogens is 3. The number of hydrogen-bond donors (Lipinski definition) is 3. The minimum absolute atomic E-state index is 0.0264. The van der Waals surface area contributed by atoms with Gasteiger partial charge in [-0.1, -0.05) is 0 Å². The number of aliphatic carboxylic acids is 1. The number of rotatable bonds is 7. The molecule has 10 heteroatoms. The fourth-order valence-electron chi connectivity index (χ4n) is 2.02. The molecule has 0 amide bonds. The van der Waals surface area contributed by atoms with Crippen LogP contribution in [0.5, 0.6) is 5.88 Å². The van der Waals surface area contributed by atoms with Crippen molar-refractivity contribution in [3.63, 3.8) is 0 Å². The highest BCUT2D eigenvalue weighted by atomic mass is 19.3. The summed E-state index contributed by atoms with van der Waals surface area (Å²) in [7, 11) is 0. The molecule has 136 valence electrons. The lowest BCUT2D eigenvalue weighted by molar-refractivity contribution is -0.141. The molecule has 0 fully saturated rings. The number of ether oxygens (including phenoxy) is 1. The van der Waals surface area contributed by atoms with Gasteiger partial charge in [0.15, 0.2) is 11.6 Å². The molecule has 0 saturated heterocycles. The average molecular weight is 359 g/mol. The molecule has 1 heterocycles. The molecule has 7 nitrogen and oxygen atoms in total. The summed E-state index contributed by atoms with van der Waals surface area (Å²) in [6.07, 6.45) is -3.04. The zero-order valence-electron chi connectivity index (χ0n) is 13.4. The Hall–Kier alpha value is -2.62. The maximum atomic E-state index is 14.3. The first-order chi connectivity index (χ1) is 11.7. The van der Waals surface area contributed by atoms with E-state index in [2.05, 4.69) is 15.3 Å². The van der Waals surface area contributed by atoms with E-state index in [4.69, 9.17) is 14.9 Å². The molecule has 1 aromatic heterocycles. The minimum atomic E-state index is -3.04. The summed E-state index contributed by atoms with van der Waals surface area (Å²) < 4.78 is 45.2. The Bertz CT molecular complexity index is 799. The third-order valence-electron chi connectivity index (χ3n) is 3.25. The molecular formula is C15H16F3N3O4. The van der Waals surface area contributed by atoms with Gasteiger partial charge in [-0.2, -0.15) is 4.98 Å². The maximum absolute atomic E-state index is 14.3. The molecule has 2 aromatic rings. The topological polar surface area (TPSA) is 105 Å². The number of hydrogen-bond acceptors (Lipinski definition) is 6. The fourth-order valence-corrected chi connectivity index (χ4v) is 2.02. The van der Waals surface area contributed by atoms with Gasteiger partial charge in [-0.25, -0.2) is 22.9 Å². The van der Waals surface area contributed by atoms with Crippen LogP contribution in [0.25, 0.3) is 10.9 Å². The zero-order valence-corrected chi connectivity index (χ0v) is 13.4. The van der Waals surface area contributed by atoms with Gasteiger partial charge in [0.2, 0.25) is 5.88 Å². The third-order valence-corrected chi connectivity index (χ3v) is 3.25. The fraction of sp³-hybridized carbons (Fsp3) is 0.400. The number of carboxylic acids is 1. The van der Waals surface area contributed by atoms with E-state index < -0.39 is 41.7 Å². The summed E-state index contributed by atoms with van der Waals surface area (Å²) >= 11 is 0. The molecule has 25 heavy (non-hydrogen) atoms. The normalized spacial score (nSPS) is 11.8. The molecular weight excluding hydrogens is 343 g/mol. The molecule has 2 rings (SSSR count). The largest absolute Gasteiger partial charge is 0.480 e. The highest BCUT2D eigenvalue weighted by molar-refractivity contribution is 5.89. The number of aliphatic hydroxyl groups is 1. The van der Waals surface area contributed by atoms with E-state index in [0.29, 0.717) is 0 Å². The van der Waals surface area contributed by atoms with Gasteiger partial charge in [0, 0.05) is 5.69 Å². The van der Waals surface area contributed by atoms with Gasteiger partial charge in [0.05, 0.1) is 12.0 Å². The molecule has 1 aromatic carbocycles. The number of carbonyl (C=O) groups is 1. The molecule has 3 N–H and O–H groups in total. The second-order valence-electron chi connectivity index (χ2n) is 5.67. The molecule has 0 saturated carbocycles. The van der Waals surface area contributed by atoms with Crippen molar-refractivity contribution in [2.75, 3.05) is 18.5 Å². The molecule has 0 aliphatic rings. The van der Waals surface area contributed by atoms with Crippen LogP contribution in [-0.2, 0) is 4.79 Å².